The van der Waals surface area contributed by atoms with Crippen LogP contribution < -0.4 is 10.1 Å². The quantitative estimate of drug-likeness (QED) is 0.417. The second kappa shape index (κ2) is 9.74. The van der Waals surface area contributed by atoms with E-state index >= 15 is 0 Å². The molecular weight excluding hydrogens is 468 g/mol. The molecule has 172 valence electrons. The summed E-state index contributed by atoms with van der Waals surface area (Å²) < 4.78 is 5.71. The van der Waals surface area contributed by atoms with E-state index in [4.69, 9.17) is 16.3 Å². The number of carbonyl (C=O) groups is 2. The first-order valence-electron chi connectivity index (χ1n) is 10.2. The summed E-state index contributed by atoms with van der Waals surface area (Å²) in [6.45, 7) is 2.24. The van der Waals surface area contributed by atoms with E-state index in [-0.39, 0.29) is 24.0 Å². The normalized spacial score (nSPS) is 14.3. The van der Waals surface area contributed by atoms with Crippen LogP contribution in [-0.4, -0.2) is 66.4 Å². The Labute approximate surface area is 198 Å². The Kier molecular flexibility index (Phi) is 6.77. The van der Waals surface area contributed by atoms with E-state index in [1.165, 1.54) is 12.1 Å². The van der Waals surface area contributed by atoms with Crippen LogP contribution in [0.2, 0.25) is 5.02 Å². The van der Waals surface area contributed by atoms with Gasteiger partial charge >= 0.3 is 0 Å². The highest BCUT2D eigenvalue weighted by molar-refractivity contribution is 7.21. The van der Waals surface area contributed by atoms with Gasteiger partial charge in [-0.3, -0.25) is 24.6 Å². The first kappa shape index (κ1) is 23.0. The van der Waals surface area contributed by atoms with Crippen LogP contribution in [0.15, 0.2) is 42.5 Å². The number of halogens is 1. The lowest BCUT2D eigenvalue weighted by Gasteiger charge is -2.34. The molecule has 0 unspecified atom stereocenters. The van der Waals surface area contributed by atoms with Crippen molar-refractivity contribution in [3.05, 3.63) is 62.5 Å². The van der Waals surface area contributed by atoms with Gasteiger partial charge in [0.15, 0.2) is 0 Å². The molecule has 1 aromatic heterocycles. The molecule has 2 heterocycles. The van der Waals surface area contributed by atoms with Gasteiger partial charge < -0.3 is 15.0 Å². The summed E-state index contributed by atoms with van der Waals surface area (Å²) in [5.74, 6) is 0.381. The molecule has 2 amide bonds. The fourth-order valence-electron chi connectivity index (χ4n) is 3.64. The van der Waals surface area contributed by atoms with Crippen molar-refractivity contribution in [2.45, 2.75) is 0 Å². The number of rotatable bonds is 6. The SMILES string of the molecule is COc1ccc(NC(=O)CN2CCN(C(=O)c3sc4cc([N+](=O)[O-])ccc4c3Cl)CC2)cc1. The van der Waals surface area contributed by atoms with Gasteiger partial charge in [-0.05, 0) is 30.3 Å². The zero-order valence-electron chi connectivity index (χ0n) is 17.7. The minimum Gasteiger partial charge on any atom is -0.497 e. The standard InChI is InChI=1S/C22H21ClN4O5S/c1-32-16-5-2-14(3-6-16)24-19(28)13-25-8-10-26(11-9-25)22(29)21-20(23)17-7-4-15(27(30)31)12-18(17)33-21/h2-7,12H,8-11,13H2,1H3,(H,24,28). The van der Waals surface area contributed by atoms with Gasteiger partial charge in [0.05, 0.1) is 23.6 Å². The smallest absolute Gasteiger partial charge is 0.270 e. The molecule has 4 rings (SSSR count). The van der Waals surface area contributed by atoms with Crippen LogP contribution in [0.3, 0.4) is 0 Å². The summed E-state index contributed by atoms with van der Waals surface area (Å²) in [5, 5.41) is 14.8. The van der Waals surface area contributed by atoms with Gasteiger partial charge in [0.2, 0.25) is 5.91 Å². The highest BCUT2D eigenvalue weighted by atomic mass is 35.5. The van der Waals surface area contributed by atoms with Crippen molar-refractivity contribution in [3.63, 3.8) is 0 Å². The van der Waals surface area contributed by atoms with Crippen molar-refractivity contribution in [3.8, 4) is 5.75 Å². The number of nitrogens with one attached hydrogen (secondary N) is 1. The zero-order valence-corrected chi connectivity index (χ0v) is 19.3. The van der Waals surface area contributed by atoms with Crippen LogP contribution >= 0.6 is 22.9 Å². The monoisotopic (exact) mass is 488 g/mol. The highest BCUT2D eigenvalue weighted by Crippen LogP contribution is 2.38. The van der Waals surface area contributed by atoms with Crippen LogP contribution in [-0.2, 0) is 4.79 Å². The van der Waals surface area contributed by atoms with E-state index in [1.54, 1.807) is 42.3 Å². The van der Waals surface area contributed by atoms with Gasteiger partial charge in [-0.15, -0.1) is 11.3 Å². The molecule has 0 aliphatic carbocycles. The molecule has 0 saturated carbocycles. The minimum absolute atomic E-state index is 0.0408. The Morgan fingerprint density at radius 3 is 2.48 bits per heavy atom. The number of thiophene rings is 1. The number of amides is 2. The van der Waals surface area contributed by atoms with Crippen LogP contribution in [0.25, 0.3) is 10.1 Å². The second-order valence-corrected chi connectivity index (χ2v) is 8.96. The maximum atomic E-state index is 13.0. The zero-order chi connectivity index (χ0) is 23.5. The van der Waals surface area contributed by atoms with Gasteiger partial charge in [0, 0.05) is 54.1 Å². The van der Waals surface area contributed by atoms with Gasteiger partial charge in [0.25, 0.3) is 11.6 Å². The van der Waals surface area contributed by atoms with Crippen molar-refractivity contribution in [1.82, 2.24) is 9.80 Å². The summed E-state index contributed by atoms with van der Waals surface area (Å²) in [7, 11) is 1.58. The lowest BCUT2D eigenvalue weighted by Crippen LogP contribution is -2.50. The molecule has 11 heteroatoms. The third kappa shape index (κ3) is 5.08. The Balaban J connectivity index is 1.34. The lowest BCUT2D eigenvalue weighted by molar-refractivity contribution is -0.384. The topological polar surface area (TPSA) is 105 Å². The van der Waals surface area contributed by atoms with Crippen LogP contribution in [0.1, 0.15) is 9.67 Å². The van der Waals surface area contributed by atoms with Crippen molar-refractivity contribution < 1.29 is 19.2 Å². The molecule has 0 radical (unpaired) electrons. The number of methoxy groups -OCH3 is 1. The molecule has 2 aromatic carbocycles. The third-order valence-corrected chi connectivity index (χ3v) is 7.06. The number of ether oxygens (including phenoxy) is 1. The number of benzene rings is 2. The number of nitro groups is 1. The number of carbonyl (C=O) groups excluding carboxylic acids is 2. The summed E-state index contributed by atoms with van der Waals surface area (Å²) in [6, 6.07) is 11.5. The predicted molar refractivity (Wildman–Crippen MR) is 127 cm³/mol. The molecule has 0 bridgehead atoms. The van der Waals surface area contributed by atoms with Crippen molar-refractivity contribution in [2.75, 3.05) is 45.2 Å². The number of nitrogens with zero attached hydrogens (tertiary/aromatic N) is 3. The van der Waals surface area contributed by atoms with Gasteiger partial charge in [-0.2, -0.15) is 0 Å². The lowest BCUT2D eigenvalue weighted by atomic mass is 10.2. The van der Waals surface area contributed by atoms with E-state index in [2.05, 4.69) is 5.32 Å². The fraction of sp³-hybridized carbons (Fsp3) is 0.273. The van der Waals surface area contributed by atoms with Crippen molar-refractivity contribution in [2.24, 2.45) is 0 Å². The molecule has 1 saturated heterocycles. The highest BCUT2D eigenvalue weighted by Gasteiger charge is 2.27. The Bertz CT molecular complexity index is 1210. The summed E-state index contributed by atoms with van der Waals surface area (Å²) in [5.41, 5.74) is 0.648. The molecular formula is C22H21ClN4O5S. The predicted octanol–water partition coefficient (Wildman–Crippen LogP) is 3.87. The molecule has 0 atom stereocenters. The van der Waals surface area contributed by atoms with Crippen LogP contribution in [0, 0.1) is 10.1 Å². The van der Waals surface area contributed by atoms with E-state index in [0.29, 0.717) is 57.6 Å². The second-order valence-electron chi connectivity index (χ2n) is 7.53. The molecule has 1 aliphatic heterocycles. The average Bonchev–Trinajstić information content (AvgIpc) is 3.15. The molecule has 33 heavy (non-hydrogen) atoms. The minimum atomic E-state index is -0.474. The average molecular weight is 489 g/mol. The van der Waals surface area contributed by atoms with E-state index in [1.807, 2.05) is 4.90 Å². The number of anilines is 1. The number of nitro benzene ring substituents is 1. The van der Waals surface area contributed by atoms with Gasteiger partial charge in [-0.1, -0.05) is 11.6 Å². The number of hydrogen-bond donors (Lipinski definition) is 1. The Morgan fingerprint density at radius 2 is 1.85 bits per heavy atom. The fourth-order valence-corrected chi connectivity index (χ4v) is 5.15. The van der Waals surface area contributed by atoms with E-state index in [0.717, 1.165) is 11.3 Å². The molecule has 9 nitrogen and oxygen atoms in total. The maximum absolute atomic E-state index is 13.0. The summed E-state index contributed by atoms with van der Waals surface area (Å²) in [6.07, 6.45) is 0. The van der Waals surface area contributed by atoms with Gasteiger partial charge in [0.1, 0.15) is 10.6 Å². The van der Waals surface area contributed by atoms with E-state index < -0.39 is 4.92 Å². The molecule has 3 aromatic rings. The molecule has 1 aliphatic rings. The summed E-state index contributed by atoms with van der Waals surface area (Å²) in [4.78, 5) is 40.0. The summed E-state index contributed by atoms with van der Waals surface area (Å²) >= 11 is 7.58. The number of fused-ring (bicyclic) bond motifs is 1. The van der Waals surface area contributed by atoms with Crippen LogP contribution in [0.5, 0.6) is 5.75 Å². The number of non-ortho nitro benzene ring substituents is 1. The molecule has 0 spiro atoms. The first-order valence-corrected chi connectivity index (χ1v) is 11.4. The largest absolute Gasteiger partial charge is 0.497 e. The van der Waals surface area contributed by atoms with E-state index in [9.17, 15) is 19.7 Å². The Morgan fingerprint density at radius 1 is 1.15 bits per heavy atom. The van der Waals surface area contributed by atoms with Crippen molar-refractivity contribution >= 4 is 56.2 Å². The maximum Gasteiger partial charge on any atom is 0.270 e. The number of hydrogen-bond acceptors (Lipinski definition) is 7. The van der Waals surface area contributed by atoms with Crippen LogP contribution in [0.4, 0.5) is 11.4 Å². The molecule has 1 fully saturated rings. The number of piperazine rings is 1. The molecule has 1 N–H and O–H groups in total. The van der Waals surface area contributed by atoms with Crippen molar-refractivity contribution in [1.29, 1.82) is 0 Å². The Hall–Kier alpha value is -3.21. The van der Waals surface area contributed by atoms with Gasteiger partial charge in [-0.25, -0.2) is 0 Å². The third-order valence-electron chi connectivity index (χ3n) is 5.42. The first-order chi connectivity index (χ1) is 15.9.